The third-order valence-electron chi connectivity index (χ3n) is 2.55. The molecule has 6 heteroatoms. The van der Waals surface area contributed by atoms with Crippen LogP contribution in [0.3, 0.4) is 0 Å². The number of hydrogen-bond acceptors (Lipinski definition) is 3. The van der Waals surface area contributed by atoms with Gasteiger partial charge >= 0.3 is 0 Å². The first kappa shape index (κ1) is 11.1. The van der Waals surface area contributed by atoms with Gasteiger partial charge in [-0.1, -0.05) is 13.8 Å². The average Bonchev–Trinajstić information content (AvgIpc) is 2.76. The zero-order chi connectivity index (χ0) is 11.7. The normalized spacial score (nSPS) is 11.2. The molecule has 0 atom stereocenters. The molecule has 0 amide bonds. The van der Waals surface area contributed by atoms with Gasteiger partial charge in [-0.3, -0.25) is 14.3 Å². The number of aryl methyl sites for hydroxylation is 1. The molecule has 0 saturated carbocycles. The first-order valence-corrected chi connectivity index (χ1v) is 5.62. The van der Waals surface area contributed by atoms with Gasteiger partial charge < -0.3 is 0 Å². The summed E-state index contributed by atoms with van der Waals surface area (Å²) in [5.41, 5.74) is 1.11. The van der Waals surface area contributed by atoms with Crippen molar-refractivity contribution in [2.45, 2.75) is 26.3 Å². The lowest BCUT2D eigenvalue weighted by atomic mass is 10.2. The van der Waals surface area contributed by atoms with E-state index in [-0.39, 0.29) is 0 Å². The monoisotopic (exact) mass is 237 g/mol. The standard InChI is InChI=1S/C10H15N5S/c1-7(2)9-12-13-10(16)15(9)6-8-4-5-11-14(8)3/h4-5,7H,6H2,1-3H3,(H,13,16). The zero-order valence-corrected chi connectivity index (χ0v) is 10.5. The van der Waals surface area contributed by atoms with Crippen molar-refractivity contribution in [1.82, 2.24) is 24.5 Å². The Hall–Kier alpha value is -1.43. The second kappa shape index (κ2) is 4.21. The molecule has 5 nitrogen and oxygen atoms in total. The summed E-state index contributed by atoms with van der Waals surface area (Å²) in [5.74, 6) is 1.33. The molecule has 2 aromatic rings. The quantitative estimate of drug-likeness (QED) is 0.829. The van der Waals surface area contributed by atoms with Crippen LogP contribution >= 0.6 is 12.2 Å². The van der Waals surface area contributed by atoms with Crippen molar-refractivity contribution in [3.63, 3.8) is 0 Å². The van der Waals surface area contributed by atoms with Crippen LogP contribution in [0.4, 0.5) is 0 Å². The molecule has 0 aromatic carbocycles. The first-order valence-electron chi connectivity index (χ1n) is 5.21. The second-order valence-corrected chi connectivity index (χ2v) is 4.46. The van der Waals surface area contributed by atoms with E-state index in [0.29, 0.717) is 17.2 Å². The highest BCUT2D eigenvalue weighted by Gasteiger charge is 2.11. The van der Waals surface area contributed by atoms with Gasteiger partial charge in [-0.25, -0.2) is 0 Å². The van der Waals surface area contributed by atoms with Gasteiger partial charge in [0.1, 0.15) is 5.82 Å². The van der Waals surface area contributed by atoms with Crippen molar-refractivity contribution < 1.29 is 0 Å². The summed E-state index contributed by atoms with van der Waals surface area (Å²) in [5, 5.41) is 11.2. The van der Waals surface area contributed by atoms with E-state index in [1.807, 2.05) is 22.4 Å². The number of nitrogens with one attached hydrogen (secondary N) is 1. The highest BCUT2D eigenvalue weighted by molar-refractivity contribution is 7.71. The Morgan fingerprint density at radius 1 is 1.50 bits per heavy atom. The van der Waals surface area contributed by atoms with E-state index < -0.39 is 0 Å². The molecule has 2 aromatic heterocycles. The van der Waals surface area contributed by atoms with Gasteiger partial charge in [0, 0.05) is 19.2 Å². The Morgan fingerprint density at radius 3 is 2.81 bits per heavy atom. The minimum absolute atomic E-state index is 0.348. The van der Waals surface area contributed by atoms with Crippen molar-refractivity contribution in [3.8, 4) is 0 Å². The van der Waals surface area contributed by atoms with E-state index in [0.717, 1.165) is 11.5 Å². The topological polar surface area (TPSA) is 51.4 Å². The summed E-state index contributed by atoms with van der Waals surface area (Å²) in [4.78, 5) is 0. The van der Waals surface area contributed by atoms with Gasteiger partial charge in [0.25, 0.3) is 0 Å². The predicted molar refractivity (Wildman–Crippen MR) is 63.8 cm³/mol. The lowest BCUT2D eigenvalue weighted by molar-refractivity contribution is 0.619. The van der Waals surface area contributed by atoms with Gasteiger partial charge in [-0.2, -0.15) is 10.2 Å². The summed E-state index contributed by atoms with van der Waals surface area (Å²) >= 11 is 5.22. The molecule has 1 N–H and O–H groups in total. The van der Waals surface area contributed by atoms with E-state index >= 15 is 0 Å². The van der Waals surface area contributed by atoms with Gasteiger partial charge in [0.05, 0.1) is 12.2 Å². The van der Waals surface area contributed by atoms with E-state index in [9.17, 15) is 0 Å². The summed E-state index contributed by atoms with van der Waals surface area (Å²) < 4.78 is 4.51. The summed E-state index contributed by atoms with van der Waals surface area (Å²) in [6, 6.07) is 1.98. The Balaban J connectivity index is 2.38. The maximum absolute atomic E-state index is 5.22. The maximum Gasteiger partial charge on any atom is 0.195 e. The Morgan fingerprint density at radius 2 is 2.25 bits per heavy atom. The number of rotatable bonds is 3. The molecular weight excluding hydrogens is 222 g/mol. The molecule has 2 rings (SSSR count). The highest BCUT2D eigenvalue weighted by Crippen LogP contribution is 2.13. The number of aromatic amines is 1. The number of H-pyrrole nitrogens is 1. The Bertz CT molecular complexity index is 533. The van der Waals surface area contributed by atoms with Crippen LogP contribution in [0.5, 0.6) is 0 Å². The first-order chi connectivity index (χ1) is 7.59. The predicted octanol–water partition coefficient (Wildman–Crippen LogP) is 1.85. The van der Waals surface area contributed by atoms with E-state index in [1.54, 1.807) is 6.20 Å². The molecule has 0 bridgehead atoms. The van der Waals surface area contributed by atoms with Crippen LogP contribution in [0.15, 0.2) is 12.3 Å². The van der Waals surface area contributed by atoms with Crippen LogP contribution in [-0.2, 0) is 13.6 Å². The second-order valence-electron chi connectivity index (χ2n) is 4.07. The molecule has 0 unspecified atom stereocenters. The van der Waals surface area contributed by atoms with Gasteiger partial charge in [0.15, 0.2) is 4.77 Å². The molecule has 0 aliphatic carbocycles. The molecule has 0 aliphatic rings. The molecule has 0 fully saturated rings. The molecule has 2 heterocycles. The zero-order valence-electron chi connectivity index (χ0n) is 9.64. The molecular formula is C10H15N5S. The van der Waals surface area contributed by atoms with Crippen LogP contribution in [0.25, 0.3) is 0 Å². The fourth-order valence-corrected chi connectivity index (χ4v) is 1.85. The van der Waals surface area contributed by atoms with Crippen LogP contribution in [0.2, 0.25) is 0 Å². The minimum atomic E-state index is 0.348. The van der Waals surface area contributed by atoms with Crippen LogP contribution in [0, 0.1) is 4.77 Å². The fraction of sp³-hybridized carbons (Fsp3) is 0.500. The van der Waals surface area contributed by atoms with Gasteiger partial charge in [-0.05, 0) is 18.3 Å². The molecule has 16 heavy (non-hydrogen) atoms. The molecule has 86 valence electrons. The lowest BCUT2D eigenvalue weighted by Crippen LogP contribution is -2.10. The summed E-state index contributed by atoms with van der Waals surface area (Å²) in [6.45, 7) is 4.91. The number of nitrogens with zero attached hydrogens (tertiary/aromatic N) is 4. The third kappa shape index (κ3) is 1.92. The molecule has 0 radical (unpaired) electrons. The Labute approximate surface area is 99.1 Å². The van der Waals surface area contributed by atoms with E-state index in [4.69, 9.17) is 12.2 Å². The molecule has 0 aliphatic heterocycles. The number of aromatic nitrogens is 5. The van der Waals surface area contributed by atoms with Crippen LogP contribution in [-0.4, -0.2) is 24.5 Å². The summed E-state index contributed by atoms with van der Waals surface area (Å²) in [6.07, 6.45) is 1.79. The lowest BCUT2D eigenvalue weighted by Gasteiger charge is -2.09. The van der Waals surface area contributed by atoms with Crippen molar-refractivity contribution in [2.24, 2.45) is 7.05 Å². The minimum Gasteiger partial charge on any atom is -0.298 e. The number of hydrogen-bond donors (Lipinski definition) is 1. The van der Waals surface area contributed by atoms with Crippen molar-refractivity contribution >= 4 is 12.2 Å². The van der Waals surface area contributed by atoms with Gasteiger partial charge in [0.2, 0.25) is 0 Å². The SMILES string of the molecule is CC(C)c1n[nH]c(=S)n1Cc1ccnn1C. The van der Waals surface area contributed by atoms with Gasteiger partial charge in [-0.15, -0.1) is 0 Å². The maximum atomic E-state index is 5.22. The van der Waals surface area contributed by atoms with Crippen molar-refractivity contribution in [3.05, 3.63) is 28.6 Å². The fourth-order valence-electron chi connectivity index (χ4n) is 1.64. The molecule has 0 saturated heterocycles. The highest BCUT2D eigenvalue weighted by atomic mass is 32.1. The third-order valence-corrected chi connectivity index (χ3v) is 2.86. The van der Waals surface area contributed by atoms with Crippen LogP contribution in [0.1, 0.15) is 31.3 Å². The van der Waals surface area contributed by atoms with Crippen molar-refractivity contribution in [2.75, 3.05) is 0 Å². The van der Waals surface area contributed by atoms with E-state index in [2.05, 4.69) is 29.1 Å². The summed E-state index contributed by atoms with van der Waals surface area (Å²) in [7, 11) is 1.92. The molecule has 0 spiro atoms. The average molecular weight is 237 g/mol. The smallest absolute Gasteiger partial charge is 0.195 e. The van der Waals surface area contributed by atoms with Crippen LogP contribution < -0.4 is 0 Å². The van der Waals surface area contributed by atoms with Crippen molar-refractivity contribution in [1.29, 1.82) is 0 Å². The van der Waals surface area contributed by atoms with E-state index in [1.165, 1.54) is 0 Å². The largest absolute Gasteiger partial charge is 0.298 e. The Kier molecular flexibility index (Phi) is 2.91.